The van der Waals surface area contributed by atoms with Crippen LogP contribution in [0.4, 0.5) is 4.39 Å². The van der Waals surface area contributed by atoms with E-state index in [0.29, 0.717) is 0 Å². The van der Waals surface area contributed by atoms with Gasteiger partial charge in [0, 0.05) is 0 Å². The first-order chi connectivity index (χ1) is 7.58. The molecule has 0 aromatic heterocycles. The average molecular weight is 222 g/mol. The Morgan fingerprint density at radius 3 is 2.94 bits per heavy atom. The van der Waals surface area contributed by atoms with Gasteiger partial charge in [0.25, 0.3) is 0 Å². The molecular formula is C13H15FO2. The Kier molecular flexibility index (Phi) is 2.95. The maximum atomic E-state index is 13.0. The third kappa shape index (κ3) is 2.08. The number of hydrogen-bond acceptors (Lipinski definition) is 1. The second-order valence-electron chi connectivity index (χ2n) is 4.54. The van der Waals surface area contributed by atoms with E-state index in [1.54, 1.807) is 19.1 Å². The second-order valence-corrected chi connectivity index (χ2v) is 4.54. The lowest BCUT2D eigenvalue weighted by Gasteiger charge is -2.27. The predicted molar refractivity (Wildman–Crippen MR) is 58.7 cm³/mol. The SMILES string of the molecule is CC(C(=O)O)C1CCc2cc(F)ccc2C1. The van der Waals surface area contributed by atoms with Crippen molar-refractivity contribution >= 4 is 5.97 Å². The molecule has 0 radical (unpaired) electrons. The van der Waals surface area contributed by atoms with Crippen molar-refractivity contribution in [1.29, 1.82) is 0 Å². The van der Waals surface area contributed by atoms with E-state index < -0.39 is 5.97 Å². The zero-order valence-electron chi connectivity index (χ0n) is 9.24. The molecule has 2 unspecified atom stereocenters. The van der Waals surface area contributed by atoms with Gasteiger partial charge in [-0.05, 0) is 48.4 Å². The van der Waals surface area contributed by atoms with E-state index in [4.69, 9.17) is 5.11 Å². The van der Waals surface area contributed by atoms with Crippen molar-refractivity contribution in [1.82, 2.24) is 0 Å². The summed E-state index contributed by atoms with van der Waals surface area (Å²) in [4.78, 5) is 10.9. The van der Waals surface area contributed by atoms with Crippen LogP contribution in [0.3, 0.4) is 0 Å². The maximum Gasteiger partial charge on any atom is 0.306 e. The summed E-state index contributed by atoms with van der Waals surface area (Å²) in [7, 11) is 0. The van der Waals surface area contributed by atoms with Crippen LogP contribution in [0.25, 0.3) is 0 Å². The van der Waals surface area contributed by atoms with E-state index >= 15 is 0 Å². The molecule has 0 amide bonds. The highest BCUT2D eigenvalue weighted by Gasteiger charge is 2.27. The van der Waals surface area contributed by atoms with Crippen LogP contribution < -0.4 is 0 Å². The first kappa shape index (κ1) is 11.1. The monoisotopic (exact) mass is 222 g/mol. The number of carbonyl (C=O) groups is 1. The third-order valence-electron chi connectivity index (χ3n) is 3.53. The quantitative estimate of drug-likeness (QED) is 0.835. The number of aryl methyl sites for hydroxylation is 1. The highest BCUT2D eigenvalue weighted by atomic mass is 19.1. The molecule has 1 N–H and O–H groups in total. The summed E-state index contributed by atoms with van der Waals surface area (Å²) in [5.41, 5.74) is 2.14. The minimum atomic E-state index is -0.740. The molecule has 1 aromatic carbocycles. The zero-order valence-corrected chi connectivity index (χ0v) is 9.24. The van der Waals surface area contributed by atoms with Crippen LogP contribution in [0.15, 0.2) is 18.2 Å². The topological polar surface area (TPSA) is 37.3 Å². The van der Waals surface area contributed by atoms with Gasteiger partial charge in [0.15, 0.2) is 0 Å². The van der Waals surface area contributed by atoms with Crippen LogP contribution in [-0.4, -0.2) is 11.1 Å². The number of carboxylic acid groups (broad SMARTS) is 1. The summed E-state index contributed by atoms with van der Waals surface area (Å²) in [5.74, 6) is -1.09. The van der Waals surface area contributed by atoms with Gasteiger partial charge in [-0.1, -0.05) is 13.0 Å². The molecule has 16 heavy (non-hydrogen) atoms. The molecular weight excluding hydrogens is 207 g/mol. The summed E-state index contributed by atoms with van der Waals surface area (Å²) in [5, 5.41) is 8.97. The largest absolute Gasteiger partial charge is 0.481 e. The highest BCUT2D eigenvalue weighted by Crippen LogP contribution is 2.30. The van der Waals surface area contributed by atoms with Gasteiger partial charge in [-0.15, -0.1) is 0 Å². The van der Waals surface area contributed by atoms with Gasteiger partial charge in [-0.25, -0.2) is 4.39 Å². The fourth-order valence-electron chi connectivity index (χ4n) is 2.38. The summed E-state index contributed by atoms with van der Waals surface area (Å²) in [6, 6.07) is 4.80. The number of carboxylic acids is 1. The van der Waals surface area contributed by atoms with E-state index in [1.165, 1.54) is 6.07 Å². The van der Waals surface area contributed by atoms with Gasteiger partial charge in [-0.3, -0.25) is 4.79 Å². The van der Waals surface area contributed by atoms with Gasteiger partial charge in [-0.2, -0.15) is 0 Å². The van der Waals surface area contributed by atoms with Gasteiger partial charge in [0.1, 0.15) is 5.82 Å². The molecule has 0 heterocycles. The lowest BCUT2D eigenvalue weighted by Crippen LogP contribution is -2.26. The summed E-state index contributed by atoms with van der Waals surface area (Å²) >= 11 is 0. The number of halogens is 1. The Hall–Kier alpha value is -1.38. The van der Waals surface area contributed by atoms with Gasteiger partial charge < -0.3 is 5.11 Å². The number of aliphatic carboxylic acids is 1. The summed E-state index contributed by atoms with van der Waals surface area (Å²) < 4.78 is 13.0. The molecule has 0 spiro atoms. The van der Waals surface area contributed by atoms with Crippen molar-refractivity contribution in [2.24, 2.45) is 11.8 Å². The molecule has 1 aromatic rings. The molecule has 2 atom stereocenters. The predicted octanol–water partition coefficient (Wildman–Crippen LogP) is 2.65. The van der Waals surface area contributed by atoms with Crippen LogP contribution in [-0.2, 0) is 17.6 Å². The Bertz CT molecular complexity index is 414. The lowest BCUT2D eigenvalue weighted by molar-refractivity contribution is -0.143. The van der Waals surface area contributed by atoms with E-state index in [2.05, 4.69) is 0 Å². The van der Waals surface area contributed by atoms with Gasteiger partial charge in [0.05, 0.1) is 5.92 Å². The van der Waals surface area contributed by atoms with E-state index in [1.807, 2.05) is 0 Å². The number of rotatable bonds is 2. The normalized spacial score (nSPS) is 21.2. The van der Waals surface area contributed by atoms with Crippen molar-refractivity contribution in [3.63, 3.8) is 0 Å². The fourth-order valence-corrected chi connectivity index (χ4v) is 2.38. The Morgan fingerprint density at radius 2 is 2.25 bits per heavy atom. The van der Waals surface area contributed by atoms with Crippen molar-refractivity contribution in [2.75, 3.05) is 0 Å². The molecule has 0 saturated heterocycles. The van der Waals surface area contributed by atoms with Crippen molar-refractivity contribution < 1.29 is 14.3 Å². The minimum absolute atomic E-state index is 0.176. The molecule has 2 nitrogen and oxygen atoms in total. The average Bonchev–Trinajstić information content (AvgIpc) is 2.27. The lowest BCUT2D eigenvalue weighted by atomic mass is 9.78. The van der Waals surface area contributed by atoms with Crippen LogP contribution in [0.1, 0.15) is 24.5 Å². The first-order valence-electron chi connectivity index (χ1n) is 5.58. The van der Waals surface area contributed by atoms with Gasteiger partial charge in [0.2, 0.25) is 0 Å². The molecule has 0 bridgehead atoms. The summed E-state index contributed by atoms with van der Waals surface area (Å²) in [6.07, 6.45) is 2.38. The van der Waals surface area contributed by atoms with Crippen molar-refractivity contribution in [3.05, 3.63) is 35.1 Å². The van der Waals surface area contributed by atoms with Crippen LogP contribution in [0.5, 0.6) is 0 Å². The molecule has 86 valence electrons. The number of hydrogen-bond donors (Lipinski definition) is 1. The third-order valence-corrected chi connectivity index (χ3v) is 3.53. The van der Waals surface area contributed by atoms with Crippen LogP contribution >= 0.6 is 0 Å². The summed E-state index contributed by atoms with van der Waals surface area (Å²) in [6.45, 7) is 1.75. The molecule has 3 heteroatoms. The zero-order chi connectivity index (χ0) is 11.7. The fraction of sp³-hybridized carbons (Fsp3) is 0.462. The number of fused-ring (bicyclic) bond motifs is 1. The van der Waals surface area contributed by atoms with Crippen molar-refractivity contribution in [2.45, 2.75) is 26.2 Å². The van der Waals surface area contributed by atoms with Crippen LogP contribution in [0, 0.1) is 17.7 Å². The minimum Gasteiger partial charge on any atom is -0.481 e. The molecule has 1 aliphatic rings. The maximum absolute atomic E-state index is 13.0. The van der Waals surface area contributed by atoms with Crippen molar-refractivity contribution in [3.8, 4) is 0 Å². The molecule has 1 aliphatic carbocycles. The molecule has 2 rings (SSSR count). The second kappa shape index (κ2) is 4.24. The van der Waals surface area contributed by atoms with Crippen LogP contribution in [0.2, 0.25) is 0 Å². The Labute approximate surface area is 94.1 Å². The van der Waals surface area contributed by atoms with E-state index in [9.17, 15) is 9.18 Å². The highest BCUT2D eigenvalue weighted by molar-refractivity contribution is 5.70. The van der Waals surface area contributed by atoms with E-state index in [0.717, 1.165) is 30.4 Å². The molecule has 0 fully saturated rings. The Balaban J connectivity index is 2.18. The first-order valence-corrected chi connectivity index (χ1v) is 5.58. The Morgan fingerprint density at radius 1 is 1.50 bits per heavy atom. The molecule has 0 saturated carbocycles. The molecule has 0 aliphatic heterocycles. The standard InChI is InChI=1S/C13H15FO2/c1-8(13(15)16)9-2-3-11-7-12(14)5-4-10(11)6-9/h4-5,7-9H,2-3,6H2,1H3,(H,15,16). The smallest absolute Gasteiger partial charge is 0.306 e. The van der Waals surface area contributed by atoms with E-state index in [-0.39, 0.29) is 17.7 Å². The number of benzene rings is 1. The van der Waals surface area contributed by atoms with Gasteiger partial charge >= 0.3 is 5.97 Å².